The largest absolute Gasteiger partial charge is 0.497 e. The van der Waals surface area contributed by atoms with Crippen molar-refractivity contribution in [1.82, 2.24) is 9.55 Å². The van der Waals surface area contributed by atoms with Crippen LogP contribution in [0.4, 0.5) is 5.82 Å². The van der Waals surface area contributed by atoms with Crippen molar-refractivity contribution in [2.24, 2.45) is 0 Å². The van der Waals surface area contributed by atoms with Crippen molar-refractivity contribution in [2.75, 3.05) is 33.8 Å². The smallest absolute Gasteiger partial charge is 0.226 e. The maximum atomic E-state index is 12.6. The van der Waals surface area contributed by atoms with Crippen molar-refractivity contribution in [3.63, 3.8) is 0 Å². The average Bonchev–Trinajstić information content (AvgIpc) is 3.20. The lowest BCUT2D eigenvalue weighted by Gasteiger charge is -2.25. The molecule has 1 amide bonds. The number of hydrogen-bond donors (Lipinski definition) is 1. The summed E-state index contributed by atoms with van der Waals surface area (Å²) in [6, 6.07) is 11.1. The van der Waals surface area contributed by atoms with Crippen molar-refractivity contribution in [3.05, 3.63) is 54.0 Å². The molecule has 1 N–H and O–H groups in total. The van der Waals surface area contributed by atoms with E-state index in [0.29, 0.717) is 34.5 Å². The zero-order valence-corrected chi connectivity index (χ0v) is 17.3. The highest BCUT2D eigenvalue weighted by atomic mass is 16.5. The Bertz CT molecular complexity index is 1090. The molecule has 0 radical (unpaired) electrons. The summed E-state index contributed by atoms with van der Waals surface area (Å²) in [5.41, 5.74) is 2.30. The number of ether oxygens (including phenoxy) is 4. The zero-order chi connectivity index (χ0) is 21.3. The molecule has 3 aromatic rings. The fraction of sp³-hybridized carbons (Fsp3) is 0.273. The first kappa shape index (κ1) is 19.6. The van der Waals surface area contributed by atoms with Crippen LogP contribution in [0.15, 0.2) is 42.7 Å². The monoisotopic (exact) mass is 409 g/mol. The lowest BCUT2D eigenvalue weighted by molar-refractivity contribution is -0.116. The summed E-state index contributed by atoms with van der Waals surface area (Å²) < 4.78 is 23.7. The minimum Gasteiger partial charge on any atom is -0.497 e. The molecule has 8 heteroatoms. The zero-order valence-electron chi connectivity index (χ0n) is 17.3. The molecule has 0 saturated heterocycles. The first-order valence-electron chi connectivity index (χ1n) is 9.41. The summed E-state index contributed by atoms with van der Waals surface area (Å²) in [5, 5.41) is 2.95. The van der Waals surface area contributed by atoms with Crippen LogP contribution >= 0.6 is 0 Å². The second-order valence-electron chi connectivity index (χ2n) is 6.77. The van der Waals surface area contributed by atoms with Crippen LogP contribution in [0, 0.1) is 0 Å². The van der Waals surface area contributed by atoms with Gasteiger partial charge in [0, 0.05) is 24.0 Å². The minimum absolute atomic E-state index is 0.110. The van der Waals surface area contributed by atoms with Crippen LogP contribution in [0.5, 0.6) is 23.0 Å². The fourth-order valence-electron chi connectivity index (χ4n) is 3.82. The number of carbonyl (C=O) groups excluding carboxylic acids is 1. The quantitative estimate of drug-likeness (QED) is 0.672. The second kappa shape index (κ2) is 7.98. The molecule has 0 aliphatic carbocycles. The molecule has 8 nitrogen and oxygen atoms in total. The van der Waals surface area contributed by atoms with E-state index in [9.17, 15) is 4.79 Å². The normalized spacial score (nSPS) is 15.2. The fourth-order valence-corrected chi connectivity index (χ4v) is 3.82. The van der Waals surface area contributed by atoms with E-state index in [1.807, 2.05) is 36.4 Å². The highest BCUT2D eigenvalue weighted by Crippen LogP contribution is 2.44. The van der Waals surface area contributed by atoms with Crippen LogP contribution in [0.25, 0.3) is 5.69 Å². The Morgan fingerprint density at radius 3 is 2.50 bits per heavy atom. The maximum absolute atomic E-state index is 12.6. The summed E-state index contributed by atoms with van der Waals surface area (Å²) in [7, 11) is 6.37. The lowest BCUT2D eigenvalue weighted by atomic mass is 9.89. The van der Waals surface area contributed by atoms with Crippen molar-refractivity contribution in [1.29, 1.82) is 0 Å². The first-order valence-corrected chi connectivity index (χ1v) is 9.41. The van der Waals surface area contributed by atoms with Crippen molar-refractivity contribution in [3.8, 4) is 28.7 Å². The number of rotatable bonds is 6. The Hall–Kier alpha value is -3.68. The van der Waals surface area contributed by atoms with E-state index in [-0.39, 0.29) is 18.2 Å². The molecule has 2 heterocycles. The van der Waals surface area contributed by atoms with Gasteiger partial charge >= 0.3 is 0 Å². The van der Waals surface area contributed by atoms with Crippen molar-refractivity contribution >= 4 is 11.7 Å². The molecule has 0 spiro atoms. The molecule has 1 aliphatic heterocycles. The highest BCUT2D eigenvalue weighted by molar-refractivity contribution is 5.94. The van der Waals surface area contributed by atoms with Crippen LogP contribution in [0.1, 0.15) is 23.6 Å². The van der Waals surface area contributed by atoms with Crippen LogP contribution in [0.3, 0.4) is 0 Å². The van der Waals surface area contributed by atoms with E-state index in [4.69, 9.17) is 18.9 Å². The second-order valence-corrected chi connectivity index (χ2v) is 6.77. The Labute approximate surface area is 174 Å². The summed E-state index contributed by atoms with van der Waals surface area (Å²) in [5.74, 6) is 2.70. The third-order valence-electron chi connectivity index (χ3n) is 5.23. The van der Waals surface area contributed by atoms with Gasteiger partial charge in [0.05, 0.1) is 39.8 Å². The summed E-state index contributed by atoms with van der Waals surface area (Å²) in [4.78, 5) is 17.3. The van der Waals surface area contributed by atoms with Gasteiger partial charge in [0.1, 0.15) is 23.6 Å². The number of anilines is 1. The third-order valence-corrected chi connectivity index (χ3v) is 5.23. The molecule has 30 heavy (non-hydrogen) atoms. The Morgan fingerprint density at radius 2 is 1.80 bits per heavy atom. The Kier molecular flexibility index (Phi) is 5.22. The molecule has 2 aromatic carbocycles. The molecule has 0 saturated carbocycles. The lowest BCUT2D eigenvalue weighted by Crippen LogP contribution is -2.25. The number of nitrogens with one attached hydrogen (secondary N) is 1. The number of fused-ring (bicyclic) bond motifs is 1. The van der Waals surface area contributed by atoms with Gasteiger partial charge in [0.2, 0.25) is 5.91 Å². The van der Waals surface area contributed by atoms with Gasteiger partial charge in [-0.15, -0.1) is 0 Å². The summed E-state index contributed by atoms with van der Waals surface area (Å²) in [6.45, 7) is 0. The van der Waals surface area contributed by atoms with E-state index < -0.39 is 0 Å². The summed E-state index contributed by atoms with van der Waals surface area (Å²) >= 11 is 0. The van der Waals surface area contributed by atoms with E-state index in [2.05, 4.69) is 10.3 Å². The predicted octanol–water partition coefficient (Wildman–Crippen LogP) is 3.38. The number of aromatic nitrogens is 2. The maximum Gasteiger partial charge on any atom is 0.226 e. The van der Waals surface area contributed by atoms with E-state index >= 15 is 0 Å². The number of methoxy groups -OCH3 is 4. The van der Waals surface area contributed by atoms with Gasteiger partial charge in [0.25, 0.3) is 0 Å². The van der Waals surface area contributed by atoms with Crippen molar-refractivity contribution < 1.29 is 23.7 Å². The number of hydrogen-bond acceptors (Lipinski definition) is 6. The number of amides is 1. The van der Waals surface area contributed by atoms with Crippen LogP contribution in [-0.2, 0) is 4.79 Å². The van der Waals surface area contributed by atoms with E-state index in [1.54, 1.807) is 39.3 Å². The van der Waals surface area contributed by atoms with E-state index in [0.717, 1.165) is 11.3 Å². The molecule has 156 valence electrons. The van der Waals surface area contributed by atoms with E-state index in [1.165, 1.54) is 0 Å². The minimum atomic E-state index is -0.281. The van der Waals surface area contributed by atoms with Crippen LogP contribution in [0.2, 0.25) is 0 Å². The molecule has 1 atom stereocenters. The van der Waals surface area contributed by atoms with Gasteiger partial charge in [-0.05, 0) is 18.2 Å². The molecule has 1 aromatic heterocycles. The molecule has 0 unspecified atom stereocenters. The van der Waals surface area contributed by atoms with Gasteiger partial charge in [-0.1, -0.05) is 12.1 Å². The molecular weight excluding hydrogens is 386 g/mol. The van der Waals surface area contributed by atoms with Crippen LogP contribution < -0.4 is 24.3 Å². The van der Waals surface area contributed by atoms with Gasteiger partial charge in [-0.3, -0.25) is 9.36 Å². The topological polar surface area (TPSA) is 83.8 Å². The van der Waals surface area contributed by atoms with Gasteiger partial charge in [-0.25, -0.2) is 4.98 Å². The molecule has 4 rings (SSSR count). The highest BCUT2D eigenvalue weighted by Gasteiger charge is 2.34. The standard InChI is InChI=1S/C22H23N3O5/c1-27-13-8-9-17(28-2)16(10-13)25-12-23-20-15(11-19(26)24-22(20)25)14-6-5-7-18(29-3)21(14)30-4/h5-10,12,15H,11H2,1-4H3,(H,24,26)/t15-/m0/s1. The third kappa shape index (κ3) is 3.20. The number of carbonyl (C=O) groups is 1. The number of para-hydroxylation sites is 1. The summed E-state index contributed by atoms with van der Waals surface area (Å²) in [6.07, 6.45) is 1.93. The van der Waals surface area contributed by atoms with Gasteiger partial charge in [0.15, 0.2) is 11.5 Å². The SMILES string of the molecule is COc1ccc(OC)c(-n2cnc3c2NC(=O)C[C@H]3c2cccc(OC)c2OC)c1. The Morgan fingerprint density at radius 1 is 1.00 bits per heavy atom. The molecular formula is C22H23N3O5. The first-order chi connectivity index (χ1) is 14.6. The number of benzene rings is 2. The average molecular weight is 409 g/mol. The van der Waals surface area contributed by atoms with Gasteiger partial charge in [-0.2, -0.15) is 0 Å². The Balaban J connectivity index is 1.87. The van der Waals surface area contributed by atoms with Crippen molar-refractivity contribution in [2.45, 2.75) is 12.3 Å². The number of nitrogens with zero attached hydrogens (tertiary/aromatic N) is 2. The number of imidazole rings is 1. The van der Waals surface area contributed by atoms with Gasteiger partial charge < -0.3 is 24.3 Å². The predicted molar refractivity (Wildman–Crippen MR) is 111 cm³/mol. The molecule has 1 aliphatic rings. The molecule has 0 bridgehead atoms. The van der Waals surface area contributed by atoms with Crippen LogP contribution in [-0.4, -0.2) is 43.9 Å². The molecule has 0 fully saturated rings.